The second-order valence-corrected chi connectivity index (χ2v) is 0. The minimum atomic E-state index is 0. The Morgan fingerprint density at radius 1 is 0.750 bits per heavy atom. The second-order valence-electron chi connectivity index (χ2n) is 0. The van der Waals surface area contributed by atoms with E-state index in [1.54, 1.807) is 0 Å². The zero-order valence-corrected chi connectivity index (χ0v) is 3.10. The predicted octanol–water partition coefficient (Wildman–Crippen LogP) is -0.878. The van der Waals surface area contributed by atoms with Crippen LogP contribution in [0.4, 0.5) is 0 Å². The SMILES string of the molecule is Cl.[NaH].[NaH].[Pd]. The molecule has 0 rings (SSSR count). The first-order valence-electron chi connectivity index (χ1n) is 0. The van der Waals surface area contributed by atoms with Gasteiger partial charge in [0.15, 0.2) is 0 Å². The number of hydrogen-bond donors (Lipinski definition) is 0. The second kappa shape index (κ2) is 16.7. The Morgan fingerprint density at radius 2 is 0.750 bits per heavy atom. The van der Waals surface area contributed by atoms with Crippen molar-refractivity contribution in [2.24, 2.45) is 0 Å². The maximum Gasteiger partial charge on any atom is 0 e. The maximum absolute atomic E-state index is 0. The van der Waals surface area contributed by atoms with Crippen LogP contribution in [0.2, 0.25) is 0 Å². The number of hydrogen-bond acceptors (Lipinski definition) is 0. The van der Waals surface area contributed by atoms with Crippen LogP contribution in [0, 0.1) is 0 Å². The summed E-state index contributed by atoms with van der Waals surface area (Å²) in [6, 6.07) is 0. The van der Waals surface area contributed by atoms with Crippen molar-refractivity contribution in [2.75, 3.05) is 0 Å². The molecule has 22 valence electrons. The third kappa shape index (κ3) is 8.88. The quantitative estimate of drug-likeness (QED) is 0.436. The summed E-state index contributed by atoms with van der Waals surface area (Å²) in [6.45, 7) is 0. The van der Waals surface area contributed by atoms with Crippen LogP contribution >= 0.6 is 12.4 Å². The van der Waals surface area contributed by atoms with Gasteiger partial charge in [0.2, 0.25) is 0 Å². The molecule has 0 radical (unpaired) electrons. The molecule has 0 heterocycles. The topological polar surface area (TPSA) is 0 Å². The molecule has 0 amide bonds. The molecule has 0 aromatic carbocycles. The summed E-state index contributed by atoms with van der Waals surface area (Å²) < 4.78 is 0. The molecule has 0 saturated carbocycles. The van der Waals surface area contributed by atoms with Gasteiger partial charge >= 0.3 is 59.1 Å². The van der Waals surface area contributed by atoms with Gasteiger partial charge in [-0.05, 0) is 0 Å². The van der Waals surface area contributed by atoms with Crippen LogP contribution in [0.15, 0.2) is 0 Å². The van der Waals surface area contributed by atoms with Gasteiger partial charge in [0.25, 0.3) is 0 Å². The molecule has 0 fully saturated rings. The Morgan fingerprint density at radius 3 is 0.750 bits per heavy atom. The van der Waals surface area contributed by atoms with E-state index in [0.717, 1.165) is 0 Å². The molecule has 0 aliphatic carbocycles. The average Bonchev–Trinajstić information content (AvgIpc) is 0. The van der Waals surface area contributed by atoms with Crippen molar-refractivity contribution in [3.8, 4) is 0 Å². The zero-order valence-electron chi connectivity index (χ0n) is 0.724. The molecule has 0 spiro atoms. The fourth-order valence-electron chi connectivity index (χ4n) is 0. The van der Waals surface area contributed by atoms with Crippen LogP contribution in [0.5, 0.6) is 0 Å². The molecular formula is H3ClNa2Pd. The van der Waals surface area contributed by atoms with E-state index in [1.807, 2.05) is 0 Å². The van der Waals surface area contributed by atoms with Crippen LogP contribution in [0.1, 0.15) is 0 Å². The van der Waals surface area contributed by atoms with Crippen molar-refractivity contribution in [3.63, 3.8) is 0 Å². The van der Waals surface area contributed by atoms with Gasteiger partial charge in [0.05, 0.1) is 0 Å². The summed E-state index contributed by atoms with van der Waals surface area (Å²) in [5, 5.41) is 0. The first-order valence-corrected chi connectivity index (χ1v) is 0. The minimum Gasteiger partial charge on any atom is 0 e. The molecule has 0 aromatic rings. The fourth-order valence-corrected chi connectivity index (χ4v) is 0. The zero-order chi connectivity index (χ0) is 0. The van der Waals surface area contributed by atoms with E-state index < -0.39 is 0 Å². The van der Waals surface area contributed by atoms with Crippen molar-refractivity contribution in [1.82, 2.24) is 0 Å². The van der Waals surface area contributed by atoms with Crippen molar-refractivity contribution < 1.29 is 20.4 Å². The molecule has 4 heteroatoms. The van der Waals surface area contributed by atoms with E-state index >= 15 is 0 Å². The maximum atomic E-state index is 0. The van der Waals surface area contributed by atoms with Gasteiger partial charge in [0, 0.05) is 20.4 Å². The summed E-state index contributed by atoms with van der Waals surface area (Å²) >= 11 is 0. The molecule has 0 aromatic heterocycles. The summed E-state index contributed by atoms with van der Waals surface area (Å²) in [5.74, 6) is 0. The molecular weight excluding hydrogens is 188 g/mol. The minimum absolute atomic E-state index is 0. The summed E-state index contributed by atoms with van der Waals surface area (Å²) in [6.07, 6.45) is 0. The summed E-state index contributed by atoms with van der Waals surface area (Å²) in [4.78, 5) is 0. The Labute approximate surface area is 90.1 Å². The van der Waals surface area contributed by atoms with Gasteiger partial charge in [-0.15, -0.1) is 12.4 Å². The molecule has 0 N–H and O–H groups in total. The number of halogens is 1. The average molecular weight is 191 g/mol. The Balaban J connectivity index is 0. The van der Waals surface area contributed by atoms with E-state index in [9.17, 15) is 0 Å². The predicted molar refractivity (Wildman–Crippen MR) is 21.5 cm³/mol. The first-order chi connectivity index (χ1) is 0. The van der Waals surface area contributed by atoms with E-state index in [2.05, 4.69) is 0 Å². The van der Waals surface area contributed by atoms with Crippen LogP contribution in [-0.2, 0) is 20.4 Å². The fraction of sp³-hybridized carbons (Fsp3) is 0. The van der Waals surface area contributed by atoms with Crippen LogP contribution in [0.25, 0.3) is 0 Å². The van der Waals surface area contributed by atoms with Crippen molar-refractivity contribution >= 4 is 71.5 Å². The van der Waals surface area contributed by atoms with Gasteiger partial charge in [-0.2, -0.15) is 0 Å². The summed E-state index contributed by atoms with van der Waals surface area (Å²) in [5.41, 5.74) is 0. The van der Waals surface area contributed by atoms with E-state index in [-0.39, 0.29) is 91.9 Å². The first kappa shape index (κ1) is 28.3. The van der Waals surface area contributed by atoms with Crippen LogP contribution in [0.3, 0.4) is 0 Å². The Bertz CT molecular complexity index is 6.00. The molecule has 0 aliphatic heterocycles. The molecule has 0 bridgehead atoms. The van der Waals surface area contributed by atoms with Gasteiger partial charge in [-0.1, -0.05) is 0 Å². The smallest absolute Gasteiger partial charge is 0 e. The molecule has 4 heavy (non-hydrogen) atoms. The van der Waals surface area contributed by atoms with Crippen molar-refractivity contribution in [3.05, 3.63) is 0 Å². The normalized spacial score (nSPS) is 0. The third-order valence-electron chi connectivity index (χ3n) is 0. The molecule has 0 atom stereocenters. The molecule has 0 saturated heterocycles. The third-order valence-corrected chi connectivity index (χ3v) is 0. The van der Waals surface area contributed by atoms with E-state index in [1.165, 1.54) is 0 Å². The summed E-state index contributed by atoms with van der Waals surface area (Å²) in [7, 11) is 0. The number of rotatable bonds is 0. The van der Waals surface area contributed by atoms with Gasteiger partial charge in [-0.3, -0.25) is 0 Å². The Hall–Kier alpha value is 2.95. The molecule has 0 aliphatic rings. The largest absolute Gasteiger partial charge is 0 e. The van der Waals surface area contributed by atoms with Crippen molar-refractivity contribution in [2.45, 2.75) is 0 Å². The monoisotopic (exact) mass is 190 g/mol. The molecule has 0 nitrogen and oxygen atoms in total. The van der Waals surface area contributed by atoms with Crippen molar-refractivity contribution in [1.29, 1.82) is 0 Å². The molecule has 0 unspecified atom stereocenters. The van der Waals surface area contributed by atoms with Gasteiger partial charge in [0.1, 0.15) is 0 Å². The standard InChI is InChI=1S/ClH.2Na.Pd.2H/h1H;;;;;. The Kier molecular flexibility index (Phi) is 118. The van der Waals surface area contributed by atoms with Gasteiger partial charge < -0.3 is 0 Å². The van der Waals surface area contributed by atoms with Crippen LogP contribution in [-0.4, -0.2) is 59.1 Å². The van der Waals surface area contributed by atoms with Crippen LogP contribution < -0.4 is 0 Å². The van der Waals surface area contributed by atoms with E-state index in [4.69, 9.17) is 0 Å². The van der Waals surface area contributed by atoms with E-state index in [0.29, 0.717) is 0 Å². The van der Waals surface area contributed by atoms with Gasteiger partial charge in [-0.25, -0.2) is 0 Å².